The van der Waals surface area contributed by atoms with Crippen molar-refractivity contribution in [3.05, 3.63) is 133 Å². The summed E-state index contributed by atoms with van der Waals surface area (Å²) in [5.74, 6) is 0.300. The van der Waals surface area contributed by atoms with E-state index in [2.05, 4.69) is 72.8 Å². The Kier molecular flexibility index (Phi) is 8.50. The van der Waals surface area contributed by atoms with Crippen LogP contribution >= 0.6 is 7.05 Å². The second-order valence-electron chi connectivity index (χ2n) is 11.8. The van der Waals surface area contributed by atoms with Gasteiger partial charge < -0.3 is 18.8 Å². The van der Waals surface area contributed by atoms with Crippen LogP contribution in [0.1, 0.15) is 19.4 Å². The molecule has 2 aromatic heterocycles. The molecule has 0 saturated carbocycles. The van der Waals surface area contributed by atoms with Gasteiger partial charge in [-0.2, -0.15) is 9.97 Å². The average molecular weight is 630 g/mol. The number of imidazole rings is 1. The summed E-state index contributed by atoms with van der Waals surface area (Å²) in [6.45, 7) is 6.00. The van der Waals surface area contributed by atoms with Crippen molar-refractivity contribution in [1.82, 2.24) is 19.5 Å². The Bertz CT molecular complexity index is 1850. The molecule has 0 amide bonds. The molecule has 4 aromatic carbocycles. The maximum atomic E-state index is 6.38. The van der Waals surface area contributed by atoms with Gasteiger partial charge >= 0.3 is 0 Å². The molecule has 1 aliphatic rings. The first-order valence-corrected chi connectivity index (χ1v) is 17.2. The van der Waals surface area contributed by atoms with E-state index in [1.165, 1.54) is 0 Å². The molecule has 0 aliphatic carbocycles. The molecule has 0 atom stereocenters. The number of benzene rings is 4. The van der Waals surface area contributed by atoms with Gasteiger partial charge in [0.25, 0.3) is 5.95 Å². The van der Waals surface area contributed by atoms with Crippen molar-refractivity contribution in [1.29, 1.82) is 0 Å². The Labute approximate surface area is 269 Å². The van der Waals surface area contributed by atoms with E-state index >= 15 is 0 Å². The van der Waals surface area contributed by atoms with Gasteiger partial charge in [-0.15, -0.1) is 0 Å². The van der Waals surface area contributed by atoms with Crippen LogP contribution in [0.5, 0.6) is 5.88 Å². The van der Waals surface area contributed by atoms with Crippen LogP contribution in [0, 0.1) is 5.92 Å². The fraction of sp³-hybridized carbons (Fsp3) is 0.216. The minimum absolute atomic E-state index is 0.138. The van der Waals surface area contributed by atoms with Crippen molar-refractivity contribution in [2.45, 2.75) is 32.8 Å². The van der Waals surface area contributed by atoms with Crippen molar-refractivity contribution in [2.75, 3.05) is 13.2 Å². The molecular weight excluding hydrogens is 593 g/mol. The number of rotatable bonds is 9. The van der Waals surface area contributed by atoms with Gasteiger partial charge in [-0.1, -0.05) is 121 Å². The Morgan fingerprint density at radius 1 is 0.761 bits per heavy atom. The lowest BCUT2D eigenvalue weighted by molar-refractivity contribution is -0.263. The quantitative estimate of drug-likeness (QED) is 0.167. The molecular formula is C37H36N5O3P. The Morgan fingerprint density at radius 3 is 1.83 bits per heavy atom. The van der Waals surface area contributed by atoms with E-state index < -0.39 is 12.8 Å². The highest BCUT2D eigenvalue weighted by Gasteiger charge is 2.31. The molecule has 6 aromatic rings. The van der Waals surface area contributed by atoms with Crippen LogP contribution in [-0.4, -0.2) is 38.5 Å². The second-order valence-corrected chi connectivity index (χ2v) is 14.8. The SMILES string of the molecule is CC1(C)OCC(Cn2cnc3c(OCc4ccccc4)nc(N=P(c4ccccc4)(c4ccccc4)c4ccccc4)nc32)CO1. The van der Waals surface area contributed by atoms with Crippen LogP contribution in [0.4, 0.5) is 5.95 Å². The standard InChI is InChI=1S/C37H36N5O3P/c1-37(2)44-25-29(26-45-37)23-42-27-38-33-34(42)39-36(40-35(33)43-24-28-15-7-3-8-16-28)41-46(30-17-9-4-10-18-30,31-19-11-5-12-20-31)32-21-13-6-14-22-32/h3-22,27,29H,23-26H2,1-2H3. The molecule has 0 unspecified atom stereocenters. The lowest BCUT2D eigenvalue weighted by Gasteiger charge is -2.35. The molecule has 0 spiro atoms. The summed E-state index contributed by atoms with van der Waals surface area (Å²) in [5, 5.41) is 3.32. The van der Waals surface area contributed by atoms with Gasteiger partial charge in [0.05, 0.1) is 26.6 Å². The number of fused-ring (bicyclic) bond motifs is 1. The molecule has 8 nitrogen and oxygen atoms in total. The van der Waals surface area contributed by atoms with Gasteiger partial charge in [-0.25, -0.2) is 9.73 Å². The lowest BCUT2D eigenvalue weighted by Crippen LogP contribution is -2.40. The molecule has 7 rings (SSSR count). The van der Waals surface area contributed by atoms with E-state index in [0.29, 0.717) is 49.4 Å². The topological polar surface area (TPSA) is 83.7 Å². The summed E-state index contributed by atoms with van der Waals surface area (Å²) >= 11 is 0. The smallest absolute Gasteiger partial charge is 0.254 e. The molecule has 0 bridgehead atoms. The monoisotopic (exact) mass is 629 g/mol. The van der Waals surface area contributed by atoms with Gasteiger partial charge in [0.1, 0.15) is 6.61 Å². The molecule has 9 heteroatoms. The molecule has 46 heavy (non-hydrogen) atoms. The van der Waals surface area contributed by atoms with Crippen LogP contribution in [0.3, 0.4) is 0 Å². The molecule has 0 N–H and O–H groups in total. The predicted octanol–water partition coefficient (Wildman–Crippen LogP) is 6.61. The maximum absolute atomic E-state index is 6.38. The van der Waals surface area contributed by atoms with Gasteiger partial charge in [0.2, 0.25) is 5.88 Å². The van der Waals surface area contributed by atoms with E-state index in [9.17, 15) is 0 Å². The summed E-state index contributed by atoms with van der Waals surface area (Å²) in [6, 6.07) is 41.4. The molecule has 1 fully saturated rings. The highest BCUT2D eigenvalue weighted by Crippen LogP contribution is 2.49. The minimum atomic E-state index is -2.62. The first-order chi connectivity index (χ1) is 22.5. The number of ether oxygens (including phenoxy) is 3. The summed E-state index contributed by atoms with van der Waals surface area (Å²) in [5.41, 5.74) is 2.29. The summed E-state index contributed by atoms with van der Waals surface area (Å²) in [4.78, 5) is 14.8. The lowest BCUT2D eigenvalue weighted by atomic mass is 10.1. The van der Waals surface area contributed by atoms with Crippen molar-refractivity contribution in [3.8, 4) is 5.88 Å². The van der Waals surface area contributed by atoms with Gasteiger partial charge in [-0.05, 0) is 19.4 Å². The largest absolute Gasteiger partial charge is 0.471 e. The summed E-state index contributed by atoms with van der Waals surface area (Å²) < 4.78 is 25.9. The predicted molar refractivity (Wildman–Crippen MR) is 183 cm³/mol. The van der Waals surface area contributed by atoms with Crippen LogP contribution in [0.15, 0.2) is 132 Å². The van der Waals surface area contributed by atoms with E-state index in [1.54, 1.807) is 6.33 Å². The third kappa shape index (κ3) is 6.24. The summed E-state index contributed by atoms with van der Waals surface area (Å²) in [7, 11) is -2.62. The van der Waals surface area contributed by atoms with Gasteiger partial charge in [0, 0.05) is 28.4 Å². The van der Waals surface area contributed by atoms with Crippen LogP contribution in [0.25, 0.3) is 11.2 Å². The molecule has 0 radical (unpaired) electrons. The number of hydrogen-bond acceptors (Lipinski definition) is 7. The zero-order chi connectivity index (χ0) is 31.4. The number of nitrogens with zero attached hydrogens (tertiary/aromatic N) is 5. The van der Waals surface area contributed by atoms with E-state index in [0.717, 1.165) is 21.5 Å². The van der Waals surface area contributed by atoms with Crippen molar-refractivity contribution in [3.63, 3.8) is 0 Å². The normalized spacial score (nSPS) is 15.1. The fourth-order valence-electron chi connectivity index (χ4n) is 5.71. The second kappa shape index (κ2) is 13.0. The van der Waals surface area contributed by atoms with Crippen LogP contribution < -0.4 is 20.7 Å². The number of aromatic nitrogens is 4. The van der Waals surface area contributed by atoms with E-state index in [-0.39, 0.29) is 5.92 Å². The van der Waals surface area contributed by atoms with Crippen molar-refractivity contribution < 1.29 is 14.2 Å². The highest BCUT2D eigenvalue weighted by atomic mass is 31.2. The van der Waals surface area contributed by atoms with Crippen molar-refractivity contribution in [2.24, 2.45) is 10.7 Å². The van der Waals surface area contributed by atoms with Crippen molar-refractivity contribution >= 4 is 40.1 Å². The van der Waals surface area contributed by atoms with Gasteiger partial charge in [0.15, 0.2) is 17.0 Å². The third-order valence-corrected chi connectivity index (χ3v) is 11.7. The van der Waals surface area contributed by atoms with E-state index in [1.807, 2.05) is 66.9 Å². The van der Waals surface area contributed by atoms with Gasteiger partial charge in [-0.3, -0.25) is 0 Å². The molecule has 232 valence electrons. The minimum Gasteiger partial charge on any atom is -0.471 e. The Morgan fingerprint density at radius 2 is 1.28 bits per heavy atom. The highest BCUT2D eigenvalue weighted by molar-refractivity contribution is 7.87. The van der Waals surface area contributed by atoms with Crippen LogP contribution in [-0.2, 0) is 22.6 Å². The van der Waals surface area contributed by atoms with E-state index in [4.69, 9.17) is 33.9 Å². The van der Waals surface area contributed by atoms with Crippen LogP contribution in [0.2, 0.25) is 0 Å². The first kappa shape index (κ1) is 30.1. The maximum Gasteiger partial charge on any atom is 0.254 e. The fourth-order valence-corrected chi connectivity index (χ4v) is 9.12. The first-order valence-electron chi connectivity index (χ1n) is 15.5. The zero-order valence-corrected chi connectivity index (χ0v) is 26.8. The molecule has 1 aliphatic heterocycles. The Hall–Kier alpha value is -4.62. The average Bonchev–Trinajstić information content (AvgIpc) is 3.51. The summed E-state index contributed by atoms with van der Waals surface area (Å²) in [6.07, 6.45) is 1.80. The third-order valence-electron chi connectivity index (χ3n) is 8.06. The molecule has 1 saturated heterocycles. The Balaban J connectivity index is 1.42. The zero-order valence-electron chi connectivity index (χ0n) is 25.9. The molecule has 3 heterocycles. The number of hydrogen-bond donors (Lipinski definition) is 0.